The van der Waals surface area contributed by atoms with Crippen LogP contribution in [0.15, 0.2) is 77.8 Å². The van der Waals surface area contributed by atoms with Crippen LogP contribution in [0.2, 0.25) is 0 Å². The number of carbonyl (C=O) groups is 2. The number of hydrogen-bond donors (Lipinski definition) is 6. The molecule has 2 rings (SSSR count). The Labute approximate surface area is 382 Å². The first-order chi connectivity index (χ1) is 30.9. The first kappa shape index (κ1) is 57.5. The lowest BCUT2D eigenvalue weighted by Crippen LogP contribution is -2.36. The third-order valence-corrected chi connectivity index (χ3v) is 12.2. The van der Waals surface area contributed by atoms with Crippen LogP contribution in [0, 0.1) is 5.92 Å². The summed E-state index contributed by atoms with van der Waals surface area (Å²) in [4.78, 5) is 61.5. The number of nitrogens with zero attached hydrogens (tertiary/aromatic N) is 2. The van der Waals surface area contributed by atoms with Crippen LogP contribution in [-0.4, -0.2) is 96.9 Å². The number of aromatic nitrogens is 2. The minimum absolute atomic E-state index is 0.0241. The Hall–Kier alpha value is -3.58. The number of aliphatic hydroxyl groups excluding tert-OH is 3. The van der Waals surface area contributed by atoms with Gasteiger partial charge in [-0.25, -0.2) is 13.9 Å². The van der Waals surface area contributed by atoms with Crippen LogP contribution in [0.3, 0.4) is 0 Å². The average Bonchev–Trinajstić information content (AvgIpc) is 3.52. The molecule has 0 aliphatic carbocycles. The van der Waals surface area contributed by atoms with Crippen LogP contribution in [0.1, 0.15) is 123 Å². The molecule has 368 valence electrons. The number of hydrogen-bond acceptors (Lipinski definition) is 16. The highest BCUT2D eigenvalue weighted by atomic mass is 31.3. The van der Waals surface area contributed by atoms with Crippen molar-refractivity contribution in [3.8, 4) is 0 Å². The van der Waals surface area contributed by atoms with E-state index in [0.717, 1.165) is 62.1 Å². The minimum atomic E-state index is -5.44. The zero-order valence-electron chi connectivity index (χ0n) is 37.8. The molecule has 0 amide bonds. The van der Waals surface area contributed by atoms with Crippen molar-refractivity contribution in [2.45, 2.75) is 154 Å². The molecule has 1 saturated heterocycles. The molecule has 19 nitrogen and oxygen atoms in total. The fourth-order valence-electron chi connectivity index (χ4n) is 6.14. The van der Waals surface area contributed by atoms with Gasteiger partial charge in [0.05, 0.1) is 19.3 Å². The van der Waals surface area contributed by atoms with E-state index in [1.54, 1.807) is 6.08 Å². The van der Waals surface area contributed by atoms with Crippen molar-refractivity contribution in [3.63, 3.8) is 0 Å². The smallest absolute Gasteiger partial charge is 0.462 e. The van der Waals surface area contributed by atoms with Crippen LogP contribution >= 0.6 is 15.6 Å². The van der Waals surface area contributed by atoms with E-state index in [0.29, 0.717) is 38.0 Å². The Morgan fingerprint density at radius 1 is 0.862 bits per heavy atom. The first-order valence-electron chi connectivity index (χ1n) is 22.3. The van der Waals surface area contributed by atoms with Gasteiger partial charge >= 0.3 is 33.3 Å². The normalized spacial score (nSPS) is 20.9. The standard InChI is InChI=1S/C44H71N3O16P2/c1-4-5-25-35(48)26-21-17-12-10-8-6-7-9-11-13-18-22-27-39(49)58-31-36(61-40(50)28-23-19-15-14-16-20-24-34(2)3)32-59-64(54,55)63-65(56,57)60-33-37-41(51)42(52)43(62-37)47-30-29-38(45)46-44(47)53/h5-7,10-13,17,21,25,29-30,34-37,41-43,48,51-52H,4,8-9,14-16,18-20,22-24,26-28,31-33H2,1-3H3,(H,54,55)(H,56,57)(H2,45,46,53)/b7-6-,12-10-,13-11-,21-17+,25-5-/t35?,36-,37-,41-,42-,43-/m1/s1. The molecule has 0 saturated carbocycles. The molecule has 3 unspecified atom stereocenters. The minimum Gasteiger partial charge on any atom is -0.462 e. The molecule has 1 aromatic rings. The molecular weight excluding hydrogens is 888 g/mol. The number of esters is 2. The third kappa shape index (κ3) is 26.4. The topological polar surface area (TPSA) is 286 Å². The molecule has 1 fully saturated rings. The molecule has 7 N–H and O–H groups in total. The Morgan fingerprint density at radius 3 is 2.22 bits per heavy atom. The molecule has 1 aromatic heterocycles. The summed E-state index contributed by atoms with van der Waals surface area (Å²) in [6.45, 7) is 3.99. The van der Waals surface area contributed by atoms with Gasteiger partial charge in [0.2, 0.25) is 0 Å². The number of nitrogens with two attached hydrogens (primary N) is 1. The number of phosphoric acid groups is 2. The van der Waals surface area contributed by atoms with Crippen molar-refractivity contribution in [1.29, 1.82) is 0 Å². The van der Waals surface area contributed by atoms with Gasteiger partial charge < -0.3 is 45.1 Å². The van der Waals surface area contributed by atoms with E-state index >= 15 is 0 Å². The van der Waals surface area contributed by atoms with Gasteiger partial charge in [-0.1, -0.05) is 120 Å². The largest absolute Gasteiger partial charge is 0.481 e. The van der Waals surface area contributed by atoms with Gasteiger partial charge in [-0.2, -0.15) is 9.29 Å². The molecule has 2 heterocycles. The summed E-state index contributed by atoms with van der Waals surface area (Å²) in [7, 11) is -10.9. The molecule has 1 aliphatic heterocycles. The molecule has 65 heavy (non-hydrogen) atoms. The number of phosphoric ester groups is 2. The highest BCUT2D eigenvalue weighted by Crippen LogP contribution is 2.60. The van der Waals surface area contributed by atoms with Gasteiger partial charge in [0.25, 0.3) is 0 Å². The van der Waals surface area contributed by atoms with E-state index in [-0.39, 0.29) is 18.7 Å². The van der Waals surface area contributed by atoms with E-state index in [1.165, 1.54) is 6.07 Å². The second-order valence-corrected chi connectivity index (χ2v) is 18.9. The summed E-state index contributed by atoms with van der Waals surface area (Å²) >= 11 is 0. The average molecular weight is 960 g/mol. The lowest BCUT2D eigenvalue weighted by Gasteiger charge is -2.21. The van der Waals surface area contributed by atoms with Crippen LogP contribution < -0.4 is 11.4 Å². The molecule has 0 bridgehead atoms. The highest BCUT2D eigenvalue weighted by Gasteiger charge is 2.46. The van der Waals surface area contributed by atoms with Crippen molar-refractivity contribution in [2.75, 3.05) is 25.6 Å². The predicted octanol–water partition coefficient (Wildman–Crippen LogP) is 6.82. The SMILES string of the molecule is CC/C=C\C(O)C/C=C/C=C\C/C=C\C/C=C\CCCC(=O)OC[C@H](COP(=O)(O)OP(=O)(O)OC[C@H]1O[C@@H](n2ccc(N)nc2=O)[C@H](O)[C@@H]1O)OC(=O)CCCCCCCCC(C)C. The van der Waals surface area contributed by atoms with E-state index < -0.39 is 89.8 Å². The summed E-state index contributed by atoms with van der Waals surface area (Å²) in [6, 6.07) is 1.24. The maximum absolute atomic E-state index is 12.8. The van der Waals surface area contributed by atoms with E-state index in [2.05, 4.69) is 23.1 Å². The number of carbonyl (C=O) groups excluding carboxylic acids is 2. The molecule has 0 spiro atoms. The highest BCUT2D eigenvalue weighted by molar-refractivity contribution is 7.61. The zero-order valence-corrected chi connectivity index (χ0v) is 39.6. The van der Waals surface area contributed by atoms with Crippen LogP contribution in [-0.2, 0) is 46.3 Å². The summed E-state index contributed by atoms with van der Waals surface area (Å²) in [5, 5.41) is 30.6. The number of aliphatic hydroxyl groups is 3. The maximum atomic E-state index is 12.8. The van der Waals surface area contributed by atoms with Crippen molar-refractivity contribution in [2.24, 2.45) is 5.92 Å². The van der Waals surface area contributed by atoms with Crippen LogP contribution in [0.5, 0.6) is 0 Å². The number of nitrogen functional groups attached to an aromatic ring is 1. The molecule has 0 aromatic carbocycles. The van der Waals surface area contributed by atoms with Crippen molar-refractivity contribution >= 4 is 33.4 Å². The van der Waals surface area contributed by atoms with Crippen LogP contribution in [0.4, 0.5) is 5.82 Å². The van der Waals surface area contributed by atoms with Gasteiger partial charge in [-0.05, 0) is 56.9 Å². The van der Waals surface area contributed by atoms with Gasteiger partial charge in [-0.3, -0.25) is 23.2 Å². The first-order valence-corrected chi connectivity index (χ1v) is 25.3. The Morgan fingerprint density at radius 2 is 1.51 bits per heavy atom. The number of anilines is 1. The molecular formula is C44H71N3O16P2. The summed E-state index contributed by atoms with van der Waals surface area (Å²) in [6.07, 6.45) is 23.0. The van der Waals surface area contributed by atoms with E-state index in [4.69, 9.17) is 29.0 Å². The molecule has 8 atom stereocenters. The summed E-state index contributed by atoms with van der Waals surface area (Å²) in [5.41, 5.74) is 4.56. The fraction of sp³-hybridized carbons (Fsp3) is 0.636. The van der Waals surface area contributed by atoms with Crippen LogP contribution in [0.25, 0.3) is 0 Å². The summed E-state index contributed by atoms with van der Waals surface area (Å²) in [5.74, 6) is -0.759. The lowest BCUT2D eigenvalue weighted by molar-refractivity contribution is -0.161. The van der Waals surface area contributed by atoms with E-state index in [1.807, 2.05) is 61.6 Å². The molecule has 21 heteroatoms. The number of rotatable bonds is 34. The second kappa shape index (κ2) is 32.2. The number of allylic oxidation sites excluding steroid dienone is 8. The fourth-order valence-corrected chi connectivity index (χ4v) is 8.25. The van der Waals surface area contributed by atoms with Gasteiger partial charge in [0, 0.05) is 19.0 Å². The Bertz CT molecular complexity index is 1850. The monoisotopic (exact) mass is 959 g/mol. The zero-order chi connectivity index (χ0) is 48.1. The van der Waals surface area contributed by atoms with Gasteiger partial charge in [0.1, 0.15) is 30.7 Å². The number of unbranched alkanes of at least 4 members (excludes halogenated alkanes) is 6. The second-order valence-electron chi connectivity index (χ2n) is 15.8. The Balaban J connectivity index is 1.85. The Kier molecular flexibility index (Phi) is 28.5. The number of ether oxygens (including phenoxy) is 3. The third-order valence-electron chi connectivity index (χ3n) is 9.62. The summed E-state index contributed by atoms with van der Waals surface area (Å²) < 4.78 is 56.4. The predicted molar refractivity (Wildman–Crippen MR) is 244 cm³/mol. The van der Waals surface area contributed by atoms with Gasteiger partial charge in [0.15, 0.2) is 12.3 Å². The quantitative estimate of drug-likeness (QED) is 0.0136. The van der Waals surface area contributed by atoms with Gasteiger partial charge in [-0.15, -0.1) is 0 Å². The van der Waals surface area contributed by atoms with Crippen molar-refractivity contribution < 1.29 is 71.4 Å². The van der Waals surface area contributed by atoms with Crippen molar-refractivity contribution in [1.82, 2.24) is 9.55 Å². The lowest BCUT2D eigenvalue weighted by atomic mass is 10.0. The maximum Gasteiger partial charge on any atom is 0.481 e. The molecule has 0 radical (unpaired) electrons. The van der Waals surface area contributed by atoms with Crippen molar-refractivity contribution in [3.05, 3.63) is 83.5 Å². The van der Waals surface area contributed by atoms with E-state index in [9.17, 15) is 48.6 Å². The molecule has 1 aliphatic rings.